The van der Waals surface area contributed by atoms with Crippen LogP contribution in [0.25, 0.3) is 6.08 Å². The smallest absolute Gasteiger partial charge is 0.293 e. The Morgan fingerprint density at radius 2 is 1.95 bits per heavy atom. The topological polar surface area (TPSA) is 50.5 Å². The van der Waals surface area contributed by atoms with Crippen LogP contribution in [0.4, 0.5) is 4.79 Å². The predicted octanol–water partition coefficient (Wildman–Crippen LogP) is 4.17. The molecule has 0 saturated carbocycles. The summed E-state index contributed by atoms with van der Waals surface area (Å²) in [7, 11) is 0. The zero-order chi connectivity index (χ0) is 14.8. The Bertz CT molecular complexity index is 707. The van der Waals surface area contributed by atoms with E-state index in [0.29, 0.717) is 15.7 Å². The van der Waals surface area contributed by atoms with Gasteiger partial charge in [-0.15, -0.1) is 0 Å². The van der Waals surface area contributed by atoms with E-state index in [1.807, 2.05) is 0 Å². The van der Waals surface area contributed by atoms with Gasteiger partial charge in [0, 0.05) is 11.1 Å². The van der Waals surface area contributed by atoms with Crippen molar-refractivity contribution in [3.05, 3.63) is 63.9 Å². The van der Waals surface area contributed by atoms with E-state index in [4.69, 9.17) is 16.0 Å². The molecule has 21 heavy (non-hydrogen) atoms. The number of carbonyl (C=O) groups excluding carboxylic acids is 2. The third-order valence-electron chi connectivity index (χ3n) is 2.94. The van der Waals surface area contributed by atoms with Gasteiger partial charge in [-0.2, -0.15) is 0 Å². The van der Waals surface area contributed by atoms with Crippen LogP contribution < -0.4 is 0 Å². The first kappa shape index (κ1) is 14.0. The minimum absolute atomic E-state index is 0.233. The van der Waals surface area contributed by atoms with E-state index in [0.717, 1.165) is 17.3 Å². The Hall–Kier alpha value is -1.98. The molecule has 0 atom stereocenters. The summed E-state index contributed by atoms with van der Waals surface area (Å²) >= 11 is 6.73. The van der Waals surface area contributed by atoms with Gasteiger partial charge in [-0.05, 0) is 41.6 Å². The summed E-state index contributed by atoms with van der Waals surface area (Å²) in [5, 5.41) is 0.332. The van der Waals surface area contributed by atoms with Crippen LogP contribution in [0.1, 0.15) is 11.3 Å². The molecule has 0 unspecified atom stereocenters. The van der Waals surface area contributed by atoms with Crippen LogP contribution in [0.3, 0.4) is 0 Å². The fourth-order valence-corrected chi connectivity index (χ4v) is 2.86. The molecule has 0 aliphatic carbocycles. The predicted molar refractivity (Wildman–Crippen MR) is 81.7 cm³/mol. The molecule has 2 aromatic rings. The van der Waals surface area contributed by atoms with Crippen molar-refractivity contribution in [3.8, 4) is 0 Å². The van der Waals surface area contributed by atoms with Crippen LogP contribution in [0.2, 0.25) is 5.02 Å². The monoisotopic (exact) mass is 319 g/mol. The summed E-state index contributed by atoms with van der Waals surface area (Å²) < 4.78 is 5.16. The molecule has 1 aliphatic heterocycles. The van der Waals surface area contributed by atoms with Gasteiger partial charge in [0.05, 0.1) is 17.7 Å². The van der Waals surface area contributed by atoms with Crippen LogP contribution in [0, 0.1) is 0 Å². The van der Waals surface area contributed by atoms with Gasteiger partial charge in [-0.25, -0.2) is 0 Å². The molecule has 6 heteroatoms. The van der Waals surface area contributed by atoms with Crippen molar-refractivity contribution in [2.45, 2.75) is 6.54 Å². The summed E-state index contributed by atoms with van der Waals surface area (Å²) in [5.41, 5.74) is 0.848. The molecule has 0 spiro atoms. The Balaban J connectivity index is 1.79. The van der Waals surface area contributed by atoms with Gasteiger partial charge in [-0.1, -0.05) is 23.7 Å². The van der Waals surface area contributed by atoms with Crippen LogP contribution in [-0.4, -0.2) is 16.0 Å². The molecule has 1 aromatic heterocycles. The maximum Gasteiger partial charge on any atom is 0.293 e. The van der Waals surface area contributed by atoms with Crippen LogP contribution >= 0.6 is 23.4 Å². The molecule has 4 nitrogen and oxygen atoms in total. The normalized spacial score (nSPS) is 17.0. The van der Waals surface area contributed by atoms with E-state index in [9.17, 15) is 9.59 Å². The number of imide groups is 1. The van der Waals surface area contributed by atoms with Gasteiger partial charge in [0.1, 0.15) is 5.76 Å². The zero-order valence-electron chi connectivity index (χ0n) is 10.8. The average Bonchev–Trinajstić information content (AvgIpc) is 3.06. The lowest BCUT2D eigenvalue weighted by Gasteiger charge is -2.12. The lowest BCUT2D eigenvalue weighted by molar-refractivity contribution is -0.123. The highest BCUT2D eigenvalue weighted by atomic mass is 35.5. The summed E-state index contributed by atoms with van der Waals surface area (Å²) in [4.78, 5) is 25.8. The molecule has 2 amide bonds. The Morgan fingerprint density at radius 3 is 2.62 bits per heavy atom. The summed E-state index contributed by atoms with van der Waals surface area (Å²) in [6.45, 7) is 0.233. The van der Waals surface area contributed by atoms with Gasteiger partial charge < -0.3 is 4.42 Å². The van der Waals surface area contributed by atoms with E-state index < -0.39 is 0 Å². The second-order valence-electron chi connectivity index (χ2n) is 4.41. The van der Waals surface area contributed by atoms with Gasteiger partial charge >= 0.3 is 0 Å². The quantitative estimate of drug-likeness (QED) is 0.797. The summed E-state index contributed by atoms with van der Waals surface area (Å²) in [5.74, 6) is 0.239. The first-order valence-electron chi connectivity index (χ1n) is 6.17. The molecule has 0 bridgehead atoms. The van der Waals surface area contributed by atoms with Gasteiger partial charge in [0.2, 0.25) is 0 Å². The highest BCUT2D eigenvalue weighted by molar-refractivity contribution is 8.18. The minimum atomic E-state index is -0.309. The zero-order valence-corrected chi connectivity index (χ0v) is 12.4. The molecule has 0 radical (unpaired) electrons. The Morgan fingerprint density at radius 1 is 1.19 bits per heavy atom. The first-order valence-corrected chi connectivity index (χ1v) is 7.36. The number of carbonyl (C=O) groups is 2. The minimum Gasteiger partial charge on any atom is -0.465 e. The number of hydrogen-bond acceptors (Lipinski definition) is 4. The average molecular weight is 320 g/mol. The fourth-order valence-electron chi connectivity index (χ4n) is 1.91. The second-order valence-corrected chi connectivity index (χ2v) is 5.84. The molecule has 1 saturated heterocycles. The standard InChI is InChI=1S/C15H10ClNO3S/c16-11-5-3-10(4-6-11)9-17-14(18)13(21-15(17)19)8-12-2-1-7-20-12/h1-8H,9H2/b13-8-. The number of amides is 2. The number of hydrogen-bond donors (Lipinski definition) is 0. The molecular weight excluding hydrogens is 310 g/mol. The maximum absolute atomic E-state index is 12.3. The number of furan rings is 1. The number of nitrogens with zero attached hydrogens (tertiary/aromatic N) is 1. The SMILES string of the molecule is O=C1S/C(=C\c2ccco2)C(=O)N1Cc1ccc(Cl)cc1. The van der Waals surface area contributed by atoms with E-state index in [1.54, 1.807) is 42.5 Å². The third kappa shape index (κ3) is 3.04. The summed E-state index contributed by atoms with van der Waals surface area (Å²) in [6, 6.07) is 10.5. The van der Waals surface area contributed by atoms with Gasteiger partial charge in [-0.3, -0.25) is 14.5 Å². The number of rotatable bonds is 3. The molecule has 0 N–H and O–H groups in total. The summed E-state index contributed by atoms with van der Waals surface area (Å²) in [6.07, 6.45) is 3.09. The van der Waals surface area contributed by atoms with Crippen LogP contribution in [-0.2, 0) is 11.3 Å². The lowest BCUT2D eigenvalue weighted by atomic mass is 10.2. The number of halogens is 1. The molecule has 1 fully saturated rings. The van der Waals surface area contributed by atoms with Gasteiger partial charge in [0.25, 0.3) is 11.1 Å². The molecule has 1 aliphatic rings. The Labute approximate surface area is 130 Å². The van der Waals surface area contributed by atoms with Crippen LogP contribution in [0.5, 0.6) is 0 Å². The first-order chi connectivity index (χ1) is 10.1. The molecule has 1 aromatic carbocycles. The van der Waals surface area contributed by atoms with Crippen molar-refractivity contribution < 1.29 is 14.0 Å². The molecule has 2 heterocycles. The second kappa shape index (κ2) is 5.79. The highest BCUT2D eigenvalue weighted by Gasteiger charge is 2.35. The molecule has 3 rings (SSSR count). The van der Waals surface area contributed by atoms with Crippen molar-refractivity contribution in [2.75, 3.05) is 0 Å². The van der Waals surface area contributed by atoms with Crippen LogP contribution in [0.15, 0.2) is 52.0 Å². The van der Waals surface area contributed by atoms with Gasteiger partial charge in [0.15, 0.2) is 0 Å². The molecule has 106 valence electrons. The van der Waals surface area contributed by atoms with E-state index in [2.05, 4.69) is 0 Å². The molecular formula is C15H10ClNO3S. The number of benzene rings is 1. The largest absolute Gasteiger partial charge is 0.465 e. The van der Waals surface area contributed by atoms with Crippen molar-refractivity contribution in [1.82, 2.24) is 4.90 Å². The van der Waals surface area contributed by atoms with E-state index >= 15 is 0 Å². The van der Waals surface area contributed by atoms with E-state index in [1.165, 1.54) is 11.2 Å². The maximum atomic E-state index is 12.3. The van der Waals surface area contributed by atoms with Crippen molar-refractivity contribution in [2.24, 2.45) is 0 Å². The van der Waals surface area contributed by atoms with Crippen molar-refractivity contribution >= 4 is 40.6 Å². The van der Waals surface area contributed by atoms with Crippen molar-refractivity contribution in [3.63, 3.8) is 0 Å². The van der Waals surface area contributed by atoms with E-state index in [-0.39, 0.29) is 17.7 Å². The van der Waals surface area contributed by atoms with Crippen molar-refractivity contribution in [1.29, 1.82) is 0 Å². The number of thioether (sulfide) groups is 1. The Kier molecular flexibility index (Phi) is 3.86. The fraction of sp³-hybridized carbons (Fsp3) is 0.0667. The third-order valence-corrected chi connectivity index (χ3v) is 4.10. The lowest BCUT2D eigenvalue weighted by Crippen LogP contribution is -2.27. The highest BCUT2D eigenvalue weighted by Crippen LogP contribution is 2.33.